The largest absolute Gasteiger partial charge is 0.454 e. The highest BCUT2D eigenvalue weighted by Crippen LogP contribution is 2.32. The first kappa shape index (κ1) is 14.5. The van der Waals surface area contributed by atoms with Crippen LogP contribution in [0.2, 0.25) is 0 Å². The van der Waals surface area contributed by atoms with Crippen LogP contribution in [-0.4, -0.2) is 61.8 Å². The number of nitrogens with zero attached hydrogens (tertiary/aromatic N) is 5. The van der Waals surface area contributed by atoms with Crippen molar-refractivity contribution in [3.63, 3.8) is 0 Å². The van der Waals surface area contributed by atoms with Crippen molar-refractivity contribution >= 4 is 5.91 Å². The summed E-state index contributed by atoms with van der Waals surface area (Å²) >= 11 is 0. The molecule has 1 amide bonds. The monoisotopic (exact) mass is 303 g/mol. The van der Waals surface area contributed by atoms with E-state index in [4.69, 9.17) is 15.0 Å². The standard InChI is InChI=1S/C14H17N5O3/c15-17-16-3-4-18-5-7-19(8-6-18)14(20)11-1-2-12-13(9-11)22-10-21-12/h1-2,9H,3-8,10H2. The summed E-state index contributed by atoms with van der Waals surface area (Å²) < 4.78 is 10.6. The van der Waals surface area contributed by atoms with E-state index >= 15 is 0 Å². The van der Waals surface area contributed by atoms with Crippen molar-refractivity contribution in [1.82, 2.24) is 9.80 Å². The van der Waals surface area contributed by atoms with Crippen LogP contribution in [0.5, 0.6) is 11.5 Å². The summed E-state index contributed by atoms with van der Waals surface area (Å²) in [5, 5.41) is 3.53. The zero-order valence-electron chi connectivity index (χ0n) is 12.1. The van der Waals surface area contributed by atoms with E-state index in [1.165, 1.54) is 0 Å². The van der Waals surface area contributed by atoms with Crippen LogP contribution in [0.3, 0.4) is 0 Å². The minimum atomic E-state index is 0.00740. The van der Waals surface area contributed by atoms with Crippen molar-refractivity contribution in [3.8, 4) is 11.5 Å². The first-order valence-corrected chi connectivity index (χ1v) is 7.20. The number of hydrogen-bond acceptors (Lipinski definition) is 5. The van der Waals surface area contributed by atoms with Gasteiger partial charge in [0.2, 0.25) is 6.79 Å². The van der Waals surface area contributed by atoms with E-state index in [0.717, 1.165) is 19.6 Å². The van der Waals surface area contributed by atoms with Crippen molar-refractivity contribution in [2.45, 2.75) is 0 Å². The van der Waals surface area contributed by atoms with Gasteiger partial charge in [0.15, 0.2) is 11.5 Å². The highest BCUT2D eigenvalue weighted by atomic mass is 16.7. The SMILES string of the molecule is [N-]=[N+]=NCCN1CCN(C(=O)c2ccc3c(c2)OCO3)CC1. The van der Waals surface area contributed by atoms with Crippen LogP contribution in [0.15, 0.2) is 23.3 Å². The van der Waals surface area contributed by atoms with Gasteiger partial charge in [-0.05, 0) is 23.7 Å². The lowest BCUT2D eigenvalue weighted by molar-refractivity contribution is 0.0640. The second kappa shape index (κ2) is 6.55. The number of piperazine rings is 1. The Morgan fingerprint density at radius 1 is 1.23 bits per heavy atom. The summed E-state index contributed by atoms with van der Waals surface area (Å²) in [5.74, 6) is 1.31. The molecule has 0 bridgehead atoms. The molecule has 0 radical (unpaired) electrons. The van der Waals surface area contributed by atoms with Crippen molar-refractivity contribution < 1.29 is 14.3 Å². The summed E-state index contributed by atoms with van der Waals surface area (Å²) in [6.45, 7) is 4.32. The van der Waals surface area contributed by atoms with Gasteiger partial charge < -0.3 is 14.4 Å². The molecule has 0 aromatic heterocycles. The van der Waals surface area contributed by atoms with E-state index in [1.807, 2.05) is 4.90 Å². The van der Waals surface area contributed by atoms with Gasteiger partial charge in [0.1, 0.15) is 0 Å². The molecule has 22 heavy (non-hydrogen) atoms. The molecule has 1 aromatic carbocycles. The van der Waals surface area contributed by atoms with Crippen LogP contribution in [0.25, 0.3) is 10.4 Å². The fraction of sp³-hybridized carbons (Fsp3) is 0.500. The lowest BCUT2D eigenvalue weighted by Gasteiger charge is -2.34. The Labute approximate surface area is 127 Å². The summed E-state index contributed by atoms with van der Waals surface area (Å²) in [4.78, 5) is 19.3. The van der Waals surface area contributed by atoms with Crippen molar-refractivity contribution in [1.29, 1.82) is 0 Å². The maximum absolute atomic E-state index is 12.5. The van der Waals surface area contributed by atoms with Crippen molar-refractivity contribution in [2.75, 3.05) is 46.1 Å². The normalized spacial score (nSPS) is 17.2. The van der Waals surface area contributed by atoms with Gasteiger partial charge in [0.25, 0.3) is 5.91 Å². The summed E-state index contributed by atoms with van der Waals surface area (Å²) in [5.41, 5.74) is 8.89. The summed E-state index contributed by atoms with van der Waals surface area (Å²) in [6, 6.07) is 5.27. The molecule has 0 saturated carbocycles. The van der Waals surface area contributed by atoms with Gasteiger partial charge in [0, 0.05) is 49.7 Å². The first-order chi connectivity index (χ1) is 10.8. The number of hydrogen-bond donors (Lipinski definition) is 0. The molecule has 0 atom stereocenters. The van der Waals surface area contributed by atoms with Gasteiger partial charge in [-0.1, -0.05) is 5.11 Å². The maximum Gasteiger partial charge on any atom is 0.254 e. The molecule has 2 aliphatic heterocycles. The van der Waals surface area contributed by atoms with Crippen molar-refractivity contribution in [3.05, 3.63) is 34.2 Å². The number of azide groups is 1. The minimum Gasteiger partial charge on any atom is -0.454 e. The highest BCUT2D eigenvalue weighted by Gasteiger charge is 2.23. The van der Waals surface area contributed by atoms with Gasteiger partial charge in [-0.3, -0.25) is 9.69 Å². The Bertz CT molecular complexity index is 606. The quantitative estimate of drug-likeness (QED) is 0.478. The van der Waals surface area contributed by atoms with E-state index in [-0.39, 0.29) is 12.7 Å². The van der Waals surface area contributed by atoms with E-state index in [9.17, 15) is 4.79 Å². The van der Waals surface area contributed by atoms with Crippen LogP contribution in [-0.2, 0) is 0 Å². The predicted octanol–water partition coefficient (Wildman–Crippen LogP) is 1.48. The molecule has 0 aliphatic carbocycles. The molecule has 0 N–H and O–H groups in total. The van der Waals surface area contributed by atoms with Gasteiger partial charge >= 0.3 is 0 Å². The number of carbonyl (C=O) groups excluding carboxylic acids is 1. The molecule has 8 heteroatoms. The Morgan fingerprint density at radius 3 is 2.77 bits per heavy atom. The second-order valence-corrected chi connectivity index (χ2v) is 5.16. The average molecular weight is 303 g/mol. The number of rotatable bonds is 4. The van der Waals surface area contributed by atoms with Crippen LogP contribution in [0, 0.1) is 0 Å². The van der Waals surface area contributed by atoms with Gasteiger partial charge in [-0.15, -0.1) is 0 Å². The second-order valence-electron chi connectivity index (χ2n) is 5.16. The highest BCUT2D eigenvalue weighted by molar-refractivity contribution is 5.95. The van der Waals surface area contributed by atoms with E-state index in [1.54, 1.807) is 18.2 Å². The Kier molecular flexibility index (Phi) is 4.32. The van der Waals surface area contributed by atoms with Gasteiger partial charge in [-0.25, -0.2) is 0 Å². The molecule has 1 fully saturated rings. The van der Waals surface area contributed by atoms with Crippen molar-refractivity contribution in [2.24, 2.45) is 5.11 Å². The van der Waals surface area contributed by atoms with E-state index in [2.05, 4.69) is 14.9 Å². The third-order valence-electron chi connectivity index (χ3n) is 3.86. The van der Waals surface area contributed by atoms with Crippen LogP contribution in [0.4, 0.5) is 0 Å². The maximum atomic E-state index is 12.5. The van der Waals surface area contributed by atoms with E-state index < -0.39 is 0 Å². The minimum absolute atomic E-state index is 0.00740. The molecule has 0 spiro atoms. The number of fused-ring (bicyclic) bond motifs is 1. The third-order valence-corrected chi connectivity index (χ3v) is 3.86. The zero-order chi connectivity index (χ0) is 15.4. The molecular weight excluding hydrogens is 286 g/mol. The lowest BCUT2D eigenvalue weighted by atomic mass is 10.1. The summed E-state index contributed by atoms with van der Waals surface area (Å²) in [6.07, 6.45) is 0. The van der Waals surface area contributed by atoms with Crippen LogP contribution >= 0.6 is 0 Å². The average Bonchev–Trinajstić information content (AvgIpc) is 3.02. The number of amides is 1. The van der Waals surface area contributed by atoms with E-state index in [0.29, 0.717) is 36.7 Å². The zero-order valence-corrected chi connectivity index (χ0v) is 12.1. The molecule has 1 aromatic rings. The molecular formula is C14H17N5O3. The molecule has 1 saturated heterocycles. The molecule has 2 aliphatic rings. The summed E-state index contributed by atoms with van der Waals surface area (Å²) in [7, 11) is 0. The fourth-order valence-electron chi connectivity index (χ4n) is 2.62. The molecule has 8 nitrogen and oxygen atoms in total. The lowest BCUT2D eigenvalue weighted by Crippen LogP contribution is -2.49. The first-order valence-electron chi connectivity index (χ1n) is 7.20. The van der Waals surface area contributed by atoms with Gasteiger partial charge in [0.05, 0.1) is 0 Å². The number of carbonyl (C=O) groups is 1. The molecule has 116 valence electrons. The Morgan fingerprint density at radius 2 is 2.00 bits per heavy atom. The molecule has 3 rings (SSSR count). The predicted molar refractivity (Wildman–Crippen MR) is 78.9 cm³/mol. The van der Waals surface area contributed by atoms with Crippen LogP contribution in [0.1, 0.15) is 10.4 Å². The van der Waals surface area contributed by atoms with Crippen LogP contribution < -0.4 is 9.47 Å². The number of ether oxygens (including phenoxy) is 2. The Balaban J connectivity index is 1.57. The Hall–Kier alpha value is -2.44. The topological polar surface area (TPSA) is 90.8 Å². The third kappa shape index (κ3) is 3.08. The molecule has 0 unspecified atom stereocenters. The molecule has 2 heterocycles. The number of benzene rings is 1. The smallest absolute Gasteiger partial charge is 0.254 e. The fourth-order valence-corrected chi connectivity index (χ4v) is 2.62. The van der Waals surface area contributed by atoms with Gasteiger partial charge in [-0.2, -0.15) is 0 Å².